The number of hydrogen-bond donors (Lipinski definition) is 3. The summed E-state index contributed by atoms with van der Waals surface area (Å²) in [5.74, 6) is 0.611. The first-order valence-electron chi connectivity index (χ1n) is 6.81. The highest BCUT2D eigenvalue weighted by Gasteiger charge is 2.26. The van der Waals surface area contributed by atoms with Crippen LogP contribution >= 0.6 is 0 Å². The Balaban J connectivity index is 2.42. The predicted octanol–water partition coefficient (Wildman–Crippen LogP) is 1.01. The normalized spacial score (nSPS) is 26.9. The van der Waals surface area contributed by atoms with Crippen molar-refractivity contribution < 1.29 is 4.79 Å². The zero-order chi connectivity index (χ0) is 12.8. The number of carbonyl (C=O) groups is 1. The Bertz CT molecular complexity index is 243. The minimum atomic E-state index is -0.130. The van der Waals surface area contributed by atoms with Gasteiger partial charge < -0.3 is 16.4 Å². The Morgan fingerprint density at radius 2 is 1.94 bits per heavy atom. The monoisotopic (exact) mass is 241 g/mol. The largest absolute Gasteiger partial charge is 0.353 e. The lowest BCUT2D eigenvalue weighted by Crippen LogP contribution is -2.52. The van der Waals surface area contributed by atoms with E-state index in [0.717, 1.165) is 13.0 Å². The molecule has 0 aromatic carbocycles. The molecule has 0 aromatic heterocycles. The summed E-state index contributed by atoms with van der Waals surface area (Å²) < 4.78 is 0. The highest BCUT2D eigenvalue weighted by Crippen LogP contribution is 2.23. The number of nitrogens with two attached hydrogens (primary N) is 1. The predicted molar refractivity (Wildman–Crippen MR) is 70.7 cm³/mol. The molecule has 100 valence electrons. The minimum absolute atomic E-state index is 0.0846. The molecule has 1 amide bonds. The molecule has 17 heavy (non-hydrogen) atoms. The Labute approximate surface area is 105 Å². The summed E-state index contributed by atoms with van der Waals surface area (Å²) in [6, 6.07) is 0.472. The van der Waals surface area contributed by atoms with E-state index < -0.39 is 0 Å². The van der Waals surface area contributed by atoms with Crippen LogP contribution in [0.15, 0.2) is 0 Å². The van der Waals surface area contributed by atoms with Crippen molar-refractivity contribution in [2.24, 2.45) is 11.7 Å². The Kier molecular flexibility index (Phi) is 5.92. The van der Waals surface area contributed by atoms with Gasteiger partial charge in [0.05, 0.1) is 6.04 Å². The maximum Gasteiger partial charge on any atom is 0.237 e. The van der Waals surface area contributed by atoms with Crippen LogP contribution in [0.1, 0.15) is 46.5 Å². The van der Waals surface area contributed by atoms with Crippen molar-refractivity contribution in [2.45, 2.75) is 64.6 Å². The Morgan fingerprint density at radius 3 is 2.53 bits per heavy atom. The molecule has 0 heterocycles. The first-order chi connectivity index (χ1) is 8.04. The van der Waals surface area contributed by atoms with Gasteiger partial charge in [0.15, 0.2) is 0 Å². The molecule has 4 N–H and O–H groups in total. The SMILES string of the molecule is CC(C)NC(=O)C(C)NC1CCCCC1CN. The van der Waals surface area contributed by atoms with Crippen LogP contribution in [0.25, 0.3) is 0 Å². The van der Waals surface area contributed by atoms with Gasteiger partial charge in [-0.25, -0.2) is 0 Å². The van der Waals surface area contributed by atoms with Gasteiger partial charge >= 0.3 is 0 Å². The smallest absolute Gasteiger partial charge is 0.237 e. The van der Waals surface area contributed by atoms with Gasteiger partial charge in [-0.05, 0) is 46.1 Å². The second-order valence-electron chi connectivity index (χ2n) is 5.44. The average Bonchev–Trinajstić information content (AvgIpc) is 2.28. The fraction of sp³-hybridized carbons (Fsp3) is 0.923. The van der Waals surface area contributed by atoms with Gasteiger partial charge in [0.2, 0.25) is 5.91 Å². The number of carbonyl (C=O) groups excluding carboxylic acids is 1. The van der Waals surface area contributed by atoms with Crippen molar-refractivity contribution >= 4 is 5.91 Å². The van der Waals surface area contributed by atoms with Gasteiger partial charge in [-0.1, -0.05) is 12.8 Å². The molecule has 1 rings (SSSR count). The molecule has 0 spiro atoms. The van der Waals surface area contributed by atoms with Crippen LogP contribution in [0, 0.1) is 5.92 Å². The van der Waals surface area contributed by atoms with E-state index in [1.54, 1.807) is 0 Å². The van der Waals surface area contributed by atoms with Crippen LogP contribution < -0.4 is 16.4 Å². The molecule has 0 saturated heterocycles. The molecule has 0 radical (unpaired) electrons. The maximum atomic E-state index is 11.8. The van der Waals surface area contributed by atoms with Crippen molar-refractivity contribution in [1.82, 2.24) is 10.6 Å². The van der Waals surface area contributed by atoms with Gasteiger partial charge in [0, 0.05) is 12.1 Å². The minimum Gasteiger partial charge on any atom is -0.353 e. The van der Waals surface area contributed by atoms with Crippen LogP contribution in [0.4, 0.5) is 0 Å². The second kappa shape index (κ2) is 6.97. The highest BCUT2D eigenvalue weighted by molar-refractivity contribution is 5.81. The van der Waals surface area contributed by atoms with E-state index in [2.05, 4.69) is 10.6 Å². The summed E-state index contributed by atoms with van der Waals surface area (Å²) in [6.45, 7) is 6.61. The summed E-state index contributed by atoms with van der Waals surface area (Å²) >= 11 is 0. The average molecular weight is 241 g/mol. The molecule has 1 aliphatic carbocycles. The summed E-state index contributed by atoms with van der Waals surface area (Å²) in [7, 11) is 0. The van der Waals surface area contributed by atoms with Crippen molar-refractivity contribution in [1.29, 1.82) is 0 Å². The molecule has 4 nitrogen and oxygen atoms in total. The van der Waals surface area contributed by atoms with Gasteiger partial charge in [-0.15, -0.1) is 0 Å². The van der Waals surface area contributed by atoms with E-state index in [1.807, 2.05) is 20.8 Å². The quantitative estimate of drug-likeness (QED) is 0.673. The standard InChI is InChI=1S/C13H27N3O/c1-9(2)15-13(17)10(3)16-12-7-5-4-6-11(12)8-14/h9-12,16H,4-8,14H2,1-3H3,(H,15,17). The van der Waals surface area contributed by atoms with Crippen LogP contribution in [-0.2, 0) is 4.79 Å². The van der Waals surface area contributed by atoms with E-state index >= 15 is 0 Å². The molecule has 1 saturated carbocycles. The topological polar surface area (TPSA) is 67.2 Å². The fourth-order valence-corrected chi connectivity index (χ4v) is 2.52. The third-order valence-electron chi connectivity index (χ3n) is 3.50. The Hall–Kier alpha value is -0.610. The maximum absolute atomic E-state index is 11.8. The summed E-state index contributed by atoms with van der Waals surface area (Å²) in [4.78, 5) is 11.8. The molecule has 3 unspecified atom stereocenters. The molecule has 4 heteroatoms. The van der Waals surface area contributed by atoms with E-state index in [9.17, 15) is 4.79 Å². The molecule has 1 fully saturated rings. The van der Waals surface area contributed by atoms with Crippen LogP contribution in [0.5, 0.6) is 0 Å². The fourth-order valence-electron chi connectivity index (χ4n) is 2.52. The van der Waals surface area contributed by atoms with Crippen molar-refractivity contribution in [3.63, 3.8) is 0 Å². The zero-order valence-electron chi connectivity index (χ0n) is 11.3. The molecule has 0 bridgehead atoms. The van der Waals surface area contributed by atoms with E-state index in [1.165, 1.54) is 19.3 Å². The first-order valence-corrected chi connectivity index (χ1v) is 6.81. The van der Waals surface area contributed by atoms with Gasteiger partial charge in [0.25, 0.3) is 0 Å². The van der Waals surface area contributed by atoms with E-state index in [0.29, 0.717) is 12.0 Å². The lowest BCUT2D eigenvalue weighted by Gasteiger charge is -2.33. The number of amides is 1. The van der Waals surface area contributed by atoms with E-state index in [4.69, 9.17) is 5.73 Å². The third-order valence-corrected chi connectivity index (χ3v) is 3.50. The lowest BCUT2D eigenvalue weighted by atomic mass is 9.84. The molecular weight excluding hydrogens is 214 g/mol. The third kappa shape index (κ3) is 4.64. The second-order valence-corrected chi connectivity index (χ2v) is 5.44. The van der Waals surface area contributed by atoms with Gasteiger partial charge in [0.1, 0.15) is 0 Å². The molecular formula is C13H27N3O. The lowest BCUT2D eigenvalue weighted by molar-refractivity contribution is -0.123. The first kappa shape index (κ1) is 14.5. The summed E-state index contributed by atoms with van der Waals surface area (Å²) in [6.07, 6.45) is 4.84. The molecule has 1 aliphatic rings. The van der Waals surface area contributed by atoms with Crippen molar-refractivity contribution in [3.8, 4) is 0 Å². The summed E-state index contributed by atoms with van der Waals surface area (Å²) in [5, 5.41) is 6.37. The Morgan fingerprint density at radius 1 is 1.29 bits per heavy atom. The van der Waals surface area contributed by atoms with Gasteiger partial charge in [-0.2, -0.15) is 0 Å². The van der Waals surface area contributed by atoms with Crippen molar-refractivity contribution in [3.05, 3.63) is 0 Å². The van der Waals surface area contributed by atoms with Crippen LogP contribution in [-0.4, -0.2) is 30.6 Å². The highest BCUT2D eigenvalue weighted by atomic mass is 16.2. The molecule has 0 aliphatic heterocycles. The number of hydrogen-bond acceptors (Lipinski definition) is 3. The molecule has 0 aromatic rings. The molecule has 3 atom stereocenters. The summed E-state index contributed by atoms with van der Waals surface area (Å²) in [5.41, 5.74) is 5.79. The van der Waals surface area contributed by atoms with Crippen LogP contribution in [0.2, 0.25) is 0 Å². The number of nitrogens with one attached hydrogen (secondary N) is 2. The zero-order valence-corrected chi connectivity index (χ0v) is 11.3. The van der Waals surface area contributed by atoms with Gasteiger partial charge in [-0.3, -0.25) is 4.79 Å². The van der Waals surface area contributed by atoms with Crippen LogP contribution in [0.3, 0.4) is 0 Å². The van der Waals surface area contributed by atoms with Crippen molar-refractivity contribution in [2.75, 3.05) is 6.54 Å². The van der Waals surface area contributed by atoms with E-state index in [-0.39, 0.29) is 18.0 Å². The number of rotatable bonds is 5.